The van der Waals surface area contributed by atoms with E-state index in [4.69, 9.17) is 9.52 Å². The SMILES string of the molecule is Cc1oc(C(=O)O)cc1S(=O)(=O)N1CCCNC(=O)C1. The van der Waals surface area contributed by atoms with E-state index >= 15 is 0 Å². The van der Waals surface area contributed by atoms with Crippen LogP contribution < -0.4 is 5.32 Å². The van der Waals surface area contributed by atoms with Gasteiger partial charge in [-0.05, 0) is 13.3 Å². The van der Waals surface area contributed by atoms with Crippen LogP contribution in [0.2, 0.25) is 0 Å². The highest BCUT2D eigenvalue weighted by atomic mass is 32.2. The topological polar surface area (TPSA) is 117 Å². The van der Waals surface area contributed by atoms with Gasteiger partial charge in [0.05, 0.1) is 6.54 Å². The molecular formula is C11H14N2O6S. The van der Waals surface area contributed by atoms with E-state index in [1.54, 1.807) is 0 Å². The first-order valence-electron chi connectivity index (χ1n) is 5.93. The first kappa shape index (κ1) is 14.5. The summed E-state index contributed by atoms with van der Waals surface area (Å²) in [6, 6.07) is 0.968. The van der Waals surface area contributed by atoms with Crippen molar-refractivity contribution in [2.24, 2.45) is 0 Å². The lowest BCUT2D eigenvalue weighted by molar-refractivity contribution is -0.120. The average molecular weight is 302 g/mol. The molecule has 1 fully saturated rings. The Bertz CT molecular complexity index is 648. The largest absolute Gasteiger partial charge is 0.475 e. The number of nitrogens with zero attached hydrogens (tertiary/aromatic N) is 1. The summed E-state index contributed by atoms with van der Waals surface area (Å²) in [5, 5.41) is 11.4. The van der Waals surface area contributed by atoms with Crippen molar-refractivity contribution in [3.63, 3.8) is 0 Å². The summed E-state index contributed by atoms with van der Waals surface area (Å²) in [6.07, 6.45) is 0.494. The number of carboxylic acids is 1. The summed E-state index contributed by atoms with van der Waals surface area (Å²) < 4.78 is 30.8. The van der Waals surface area contributed by atoms with Gasteiger partial charge in [0.15, 0.2) is 0 Å². The third kappa shape index (κ3) is 2.68. The van der Waals surface area contributed by atoms with Crippen molar-refractivity contribution < 1.29 is 27.5 Å². The Kier molecular flexibility index (Phi) is 3.82. The number of nitrogens with one attached hydrogen (secondary N) is 1. The van der Waals surface area contributed by atoms with E-state index in [2.05, 4.69) is 5.32 Å². The number of carbonyl (C=O) groups is 2. The first-order valence-corrected chi connectivity index (χ1v) is 7.37. The molecule has 1 amide bonds. The number of carboxylic acid groups (broad SMARTS) is 1. The minimum Gasteiger partial charge on any atom is -0.475 e. The molecule has 0 unspecified atom stereocenters. The predicted molar refractivity (Wildman–Crippen MR) is 66.8 cm³/mol. The van der Waals surface area contributed by atoms with Crippen molar-refractivity contribution in [3.05, 3.63) is 17.6 Å². The first-order chi connectivity index (χ1) is 9.32. The molecule has 0 aliphatic carbocycles. The summed E-state index contributed by atoms with van der Waals surface area (Å²) in [5.41, 5.74) is 0. The highest BCUT2D eigenvalue weighted by Crippen LogP contribution is 2.24. The molecule has 1 aromatic rings. The number of carbonyl (C=O) groups excluding carboxylic acids is 1. The van der Waals surface area contributed by atoms with Crippen molar-refractivity contribution in [3.8, 4) is 0 Å². The molecule has 0 radical (unpaired) electrons. The lowest BCUT2D eigenvalue weighted by Crippen LogP contribution is -2.37. The fourth-order valence-corrected chi connectivity index (χ4v) is 3.55. The van der Waals surface area contributed by atoms with Crippen LogP contribution in [-0.2, 0) is 14.8 Å². The second kappa shape index (κ2) is 5.25. The van der Waals surface area contributed by atoms with E-state index in [0.29, 0.717) is 13.0 Å². The maximum atomic E-state index is 12.4. The van der Waals surface area contributed by atoms with Crippen LogP contribution in [0.1, 0.15) is 22.7 Å². The fraction of sp³-hybridized carbons (Fsp3) is 0.455. The Labute approximate surface area is 115 Å². The number of aryl methyl sites for hydroxylation is 1. The molecule has 1 saturated heterocycles. The van der Waals surface area contributed by atoms with E-state index in [1.165, 1.54) is 6.92 Å². The molecule has 0 spiro atoms. The molecule has 110 valence electrons. The van der Waals surface area contributed by atoms with Crippen molar-refractivity contribution in [1.82, 2.24) is 9.62 Å². The van der Waals surface area contributed by atoms with Crippen LogP contribution in [-0.4, -0.2) is 49.3 Å². The number of rotatable bonds is 3. The highest BCUT2D eigenvalue weighted by Gasteiger charge is 2.32. The predicted octanol–water partition coefficient (Wildman–Crippen LogP) is -0.203. The Morgan fingerprint density at radius 1 is 1.50 bits per heavy atom. The summed E-state index contributed by atoms with van der Waals surface area (Å²) in [4.78, 5) is 22.0. The zero-order valence-electron chi connectivity index (χ0n) is 10.7. The smallest absolute Gasteiger partial charge is 0.371 e. The van der Waals surface area contributed by atoms with Crippen LogP contribution in [0, 0.1) is 6.92 Å². The van der Waals surface area contributed by atoms with Crippen LogP contribution in [0.4, 0.5) is 0 Å². The molecule has 20 heavy (non-hydrogen) atoms. The molecule has 8 nitrogen and oxygen atoms in total. The number of hydrogen-bond acceptors (Lipinski definition) is 5. The molecule has 0 saturated carbocycles. The minimum atomic E-state index is -3.95. The quantitative estimate of drug-likeness (QED) is 0.798. The highest BCUT2D eigenvalue weighted by molar-refractivity contribution is 7.89. The van der Waals surface area contributed by atoms with Gasteiger partial charge in [0.25, 0.3) is 0 Å². The molecule has 1 aliphatic rings. The summed E-state index contributed by atoms with van der Waals surface area (Å²) in [6.45, 7) is 1.69. The molecule has 1 aromatic heterocycles. The van der Waals surface area contributed by atoms with E-state index in [0.717, 1.165) is 10.4 Å². The van der Waals surface area contributed by atoms with Crippen molar-refractivity contribution in [2.75, 3.05) is 19.6 Å². The maximum absolute atomic E-state index is 12.4. The number of furan rings is 1. The van der Waals surface area contributed by atoms with E-state index in [-0.39, 0.29) is 29.7 Å². The molecule has 2 N–H and O–H groups in total. The Morgan fingerprint density at radius 3 is 2.80 bits per heavy atom. The van der Waals surface area contributed by atoms with Gasteiger partial charge in [0.1, 0.15) is 10.7 Å². The monoisotopic (exact) mass is 302 g/mol. The Morgan fingerprint density at radius 2 is 2.20 bits per heavy atom. The standard InChI is InChI=1S/C11H14N2O6S/c1-7-9(5-8(19-7)11(15)16)20(17,18)13-4-2-3-12-10(14)6-13/h5H,2-4,6H2,1H3,(H,12,14)(H,15,16). The zero-order valence-corrected chi connectivity index (χ0v) is 11.6. The van der Waals surface area contributed by atoms with Gasteiger partial charge >= 0.3 is 5.97 Å². The second-order valence-electron chi connectivity index (χ2n) is 4.38. The van der Waals surface area contributed by atoms with E-state index < -0.39 is 21.8 Å². The molecule has 0 atom stereocenters. The van der Waals surface area contributed by atoms with Gasteiger partial charge < -0.3 is 14.8 Å². The number of sulfonamides is 1. The molecule has 0 aromatic carbocycles. The molecule has 1 aliphatic heterocycles. The van der Waals surface area contributed by atoms with Crippen LogP contribution in [0.25, 0.3) is 0 Å². The fourth-order valence-electron chi connectivity index (χ4n) is 1.95. The van der Waals surface area contributed by atoms with Crippen LogP contribution in [0.5, 0.6) is 0 Å². The second-order valence-corrected chi connectivity index (χ2v) is 6.28. The zero-order chi connectivity index (χ0) is 14.9. The average Bonchev–Trinajstić information content (AvgIpc) is 2.62. The van der Waals surface area contributed by atoms with Crippen LogP contribution in [0.15, 0.2) is 15.4 Å². The van der Waals surface area contributed by atoms with Gasteiger partial charge in [-0.2, -0.15) is 4.31 Å². The van der Waals surface area contributed by atoms with E-state index in [9.17, 15) is 18.0 Å². The van der Waals surface area contributed by atoms with E-state index in [1.807, 2.05) is 0 Å². The third-order valence-corrected chi connectivity index (χ3v) is 4.88. The van der Waals surface area contributed by atoms with Gasteiger partial charge in [-0.3, -0.25) is 4.79 Å². The normalized spacial score (nSPS) is 17.6. The Balaban J connectivity index is 2.38. The van der Waals surface area contributed by atoms with Gasteiger partial charge in [0.2, 0.25) is 21.7 Å². The van der Waals surface area contributed by atoms with Gasteiger partial charge in [-0.1, -0.05) is 0 Å². The number of aromatic carboxylic acids is 1. The number of amides is 1. The third-order valence-electron chi connectivity index (χ3n) is 2.93. The molecule has 9 heteroatoms. The van der Waals surface area contributed by atoms with Gasteiger partial charge in [-0.25, -0.2) is 13.2 Å². The molecular weight excluding hydrogens is 288 g/mol. The molecule has 2 heterocycles. The van der Waals surface area contributed by atoms with Crippen LogP contribution >= 0.6 is 0 Å². The lowest BCUT2D eigenvalue weighted by Gasteiger charge is -2.17. The summed E-state index contributed by atoms with van der Waals surface area (Å²) in [5.74, 6) is -2.18. The minimum absolute atomic E-state index is 0.00736. The summed E-state index contributed by atoms with van der Waals surface area (Å²) in [7, 11) is -3.95. The number of hydrogen-bond donors (Lipinski definition) is 2. The Hall–Kier alpha value is -1.87. The lowest BCUT2D eigenvalue weighted by atomic mass is 10.4. The summed E-state index contributed by atoms with van der Waals surface area (Å²) >= 11 is 0. The van der Waals surface area contributed by atoms with Crippen molar-refractivity contribution in [2.45, 2.75) is 18.2 Å². The molecule has 2 rings (SSSR count). The molecule has 0 bridgehead atoms. The van der Waals surface area contributed by atoms with Crippen LogP contribution in [0.3, 0.4) is 0 Å². The van der Waals surface area contributed by atoms with Gasteiger partial charge in [0, 0.05) is 19.2 Å². The maximum Gasteiger partial charge on any atom is 0.371 e. The van der Waals surface area contributed by atoms with Gasteiger partial charge in [-0.15, -0.1) is 0 Å². The van der Waals surface area contributed by atoms with Crippen molar-refractivity contribution >= 4 is 21.9 Å². The van der Waals surface area contributed by atoms with Crippen molar-refractivity contribution in [1.29, 1.82) is 0 Å².